The Morgan fingerprint density at radius 3 is 2.46 bits per heavy atom. The summed E-state index contributed by atoms with van der Waals surface area (Å²) in [4.78, 5) is 33.9. The van der Waals surface area contributed by atoms with E-state index in [0.29, 0.717) is 43.9 Å². The number of carbonyl (C=O) groups is 2. The van der Waals surface area contributed by atoms with E-state index in [0.717, 1.165) is 22.2 Å². The molecule has 1 aliphatic rings. The van der Waals surface area contributed by atoms with E-state index in [2.05, 4.69) is 15.2 Å². The Morgan fingerprint density at radius 1 is 1.05 bits per heavy atom. The minimum atomic E-state index is -0.744. The molecule has 1 aliphatic heterocycles. The molecule has 192 valence electrons. The maximum absolute atomic E-state index is 13.7. The van der Waals surface area contributed by atoms with Crippen LogP contribution in [0.5, 0.6) is 0 Å². The first-order valence-electron chi connectivity index (χ1n) is 12.1. The zero-order chi connectivity index (χ0) is 25.9. The van der Waals surface area contributed by atoms with Gasteiger partial charge in [-0.2, -0.15) is 0 Å². The minimum Gasteiger partial charge on any atom is -0.469 e. The number of carbonyl (C=O) groups excluding carboxylic acids is 2. The van der Waals surface area contributed by atoms with Crippen molar-refractivity contribution >= 4 is 34.1 Å². The Kier molecular flexibility index (Phi) is 6.85. The Hall–Kier alpha value is -4.28. The average molecular weight is 504 g/mol. The van der Waals surface area contributed by atoms with Gasteiger partial charge in [0.1, 0.15) is 11.8 Å². The van der Waals surface area contributed by atoms with Crippen molar-refractivity contribution in [2.75, 3.05) is 36.3 Å². The number of anilines is 2. The number of fused-ring (bicyclic) bond motifs is 1. The van der Waals surface area contributed by atoms with Crippen LogP contribution in [0.2, 0.25) is 0 Å². The second-order valence-corrected chi connectivity index (χ2v) is 9.10. The molecule has 5 rings (SSSR count). The smallest absolute Gasteiger partial charge is 0.255 e. The highest BCUT2D eigenvalue weighted by atomic mass is 16.8. The lowest BCUT2D eigenvalue weighted by molar-refractivity contribution is -0.133. The van der Waals surface area contributed by atoms with Gasteiger partial charge >= 0.3 is 0 Å². The van der Waals surface area contributed by atoms with Gasteiger partial charge in [-0.1, -0.05) is 18.2 Å². The van der Waals surface area contributed by atoms with Gasteiger partial charge in [-0.25, -0.2) is 0 Å². The molecular formula is C27H29N5O5. The van der Waals surface area contributed by atoms with Crippen molar-refractivity contribution in [3.8, 4) is 0 Å². The van der Waals surface area contributed by atoms with E-state index in [9.17, 15) is 9.59 Å². The van der Waals surface area contributed by atoms with Gasteiger partial charge in [0.05, 0.1) is 17.5 Å². The highest BCUT2D eigenvalue weighted by molar-refractivity contribution is 5.98. The highest BCUT2D eigenvalue weighted by Gasteiger charge is 2.30. The molecule has 0 saturated carbocycles. The minimum absolute atomic E-state index is 0.0769. The Bertz CT molecular complexity index is 1390. The summed E-state index contributed by atoms with van der Waals surface area (Å²) >= 11 is 0. The van der Waals surface area contributed by atoms with Gasteiger partial charge in [-0.15, -0.1) is 5.23 Å². The molecule has 37 heavy (non-hydrogen) atoms. The Morgan fingerprint density at radius 2 is 1.78 bits per heavy atom. The zero-order valence-electron chi connectivity index (χ0n) is 20.4. The van der Waals surface area contributed by atoms with Crippen LogP contribution in [0.4, 0.5) is 11.4 Å². The summed E-state index contributed by atoms with van der Waals surface area (Å²) in [5, 5.41) is 22.4. The van der Waals surface area contributed by atoms with Crippen LogP contribution in [-0.4, -0.2) is 64.3 Å². The lowest BCUT2D eigenvalue weighted by Gasteiger charge is -2.37. The second kappa shape index (κ2) is 10.4. The van der Waals surface area contributed by atoms with E-state index in [-0.39, 0.29) is 22.7 Å². The SMILES string of the molecule is Cc1occc1C(=O)NC(Cc1c[nH]c2ccccc12)C(=O)N1CCN(c2ccc(N(O)O)cc2)CC1. The van der Waals surface area contributed by atoms with E-state index in [1.807, 2.05) is 30.5 Å². The molecule has 4 N–H and O–H groups in total. The number of aromatic nitrogens is 1. The molecule has 2 aromatic carbocycles. The largest absolute Gasteiger partial charge is 0.469 e. The number of benzene rings is 2. The molecule has 10 nitrogen and oxygen atoms in total. The van der Waals surface area contributed by atoms with Crippen LogP contribution in [0.3, 0.4) is 0 Å². The summed E-state index contributed by atoms with van der Waals surface area (Å²) < 4.78 is 5.28. The van der Waals surface area contributed by atoms with E-state index in [1.54, 1.807) is 42.2 Å². The molecule has 4 aromatic rings. The standard InChI is InChI=1S/C27H29N5O5/c1-18-22(10-15-37-18)26(33)29-25(16-19-17-28-24-5-3-2-4-23(19)24)27(34)31-13-11-30(12-14-31)20-6-8-21(9-7-20)32(35)36/h2-10,15,17,25,28,35-36H,11-14,16H2,1H3,(H,29,33). The van der Waals surface area contributed by atoms with E-state index in [1.165, 1.54) is 6.26 Å². The first-order valence-corrected chi connectivity index (χ1v) is 12.1. The summed E-state index contributed by atoms with van der Waals surface area (Å²) in [7, 11) is 0. The van der Waals surface area contributed by atoms with Gasteiger partial charge in [0, 0.05) is 55.4 Å². The number of aryl methyl sites for hydroxylation is 1. The third-order valence-corrected chi connectivity index (χ3v) is 6.84. The van der Waals surface area contributed by atoms with Crippen molar-refractivity contribution < 1.29 is 24.4 Å². The number of piperazine rings is 1. The number of hydrogen-bond donors (Lipinski definition) is 4. The summed E-state index contributed by atoms with van der Waals surface area (Å²) in [6.45, 7) is 3.94. The van der Waals surface area contributed by atoms with Crippen molar-refractivity contribution in [3.05, 3.63) is 83.9 Å². The summed E-state index contributed by atoms with van der Waals surface area (Å²) in [5.74, 6) is 0.0249. The number of para-hydroxylation sites is 1. The van der Waals surface area contributed by atoms with Crippen LogP contribution in [0.1, 0.15) is 21.7 Å². The number of aromatic amines is 1. The number of nitrogens with zero attached hydrogens (tertiary/aromatic N) is 3. The van der Waals surface area contributed by atoms with Gasteiger partial charge < -0.3 is 24.5 Å². The fourth-order valence-electron chi connectivity index (χ4n) is 4.78. The van der Waals surface area contributed by atoms with Crippen molar-refractivity contribution in [2.45, 2.75) is 19.4 Å². The van der Waals surface area contributed by atoms with Crippen molar-refractivity contribution in [2.24, 2.45) is 0 Å². The second-order valence-electron chi connectivity index (χ2n) is 9.10. The number of nitrogens with one attached hydrogen (secondary N) is 2. The summed E-state index contributed by atoms with van der Waals surface area (Å²) in [6.07, 6.45) is 3.71. The molecule has 0 bridgehead atoms. The third kappa shape index (κ3) is 5.16. The molecule has 3 heterocycles. The predicted octanol–water partition coefficient (Wildman–Crippen LogP) is 3.34. The first kappa shape index (κ1) is 24.4. The van der Waals surface area contributed by atoms with E-state index < -0.39 is 6.04 Å². The average Bonchev–Trinajstić information content (AvgIpc) is 3.54. The van der Waals surface area contributed by atoms with Crippen LogP contribution in [-0.2, 0) is 11.2 Å². The maximum Gasteiger partial charge on any atom is 0.255 e. The van der Waals surface area contributed by atoms with Crippen molar-refractivity contribution in [3.63, 3.8) is 0 Å². The van der Waals surface area contributed by atoms with Crippen molar-refractivity contribution in [1.29, 1.82) is 0 Å². The lowest BCUT2D eigenvalue weighted by atomic mass is 10.0. The van der Waals surface area contributed by atoms with Crippen LogP contribution >= 0.6 is 0 Å². The topological polar surface area (TPSA) is 125 Å². The maximum atomic E-state index is 13.7. The Balaban J connectivity index is 1.31. The third-order valence-electron chi connectivity index (χ3n) is 6.84. The number of hydrogen-bond acceptors (Lipinski definition) is 7. The molecule has 2 aromatic heterocycles. The van der Waals surface area contributed by atoms with Crippen molar-refractivity contribution in [1.82, 2.24) is 15.2 Å². The number of amides is 2. The number of furan rings is 1. The molecule has 0 spiro atoms. The number of H-pyrrole nitrogens is 1. The number of rotatable bonds is 7. The predicted molar refractivity (Wildman–Crippen MR) is 138 cm³/mol. The van der Waals surface area contributed by atoms with E-state index in [4.69, 9.17) is 14.8 Å². The van der Waals surface area contributed by atoms with Crippen LogP contribution in [0, 0.1) is 6.92 Å². The molecule has 1 fully saturated rings. The van der Waals surface area contributed by atoms with Gasteiger partial charge in [0.2, 0.25) is 5.91 Å². The molecular weight excluding hydrogens is 474 g/mol. The lowest BCUT2D eigenvalue weighted by Crippen LogP contribution is -2.55. The molecule has 0 radical (unpaired) electrons. The molecule has 1 atom stereocenters. The normalized spacial score (nSPS) is 14.6. The molecule has 2 amide bonds. The fraction of sp³-hybridized carbons (Fsp3) is 0.259. The van der Waals surface area contributed by atoms with Gasteiger partial charge in [-0.05, 0) is 48.9 Å². The quantitative estimate of drug-likeness (QED) is 0.285. The van der Waals surface area contributed by atoms with Gasteiger partial charge in [0.25, 0.3) is 5.91 Å². The monoisotopic (exact) mass is 503 g/mol. The molecule has 0 aliphatic carbocycles. The molecule has 1 saturated heterocycles. The van der Waals surface area contributed by atoms with Crippen LogP contribution < -0.4 is 15.4 Å². The van der Waals surface area contributed by atoms with Crippen LogP contribution in [0.15, 0.2) is 71.5 Å². The van der Waals surface area contributed by atoms with E-state index >= 15 is 0 Å². The van der Waals surface area contributed by atoms with Gasteiger partial charge in [-0.3, -0.25) is 20.0 Å². The fourth-order valence-corrected chi connectivity index (χ4v) is 4.78. The molecule has 1 unspecified atom stereocenters. The Labute approximate surface area is 213 Å². The summed E-state index contributed by atoms with van der Waals surface area (Å²) in [5.41, 5.74) is 3.54. The van der Waals surface area contributed by atoms with Crippen LogP contribution in [0.25, 0.3) is 10.9 Å². The zero-order valence-corrected chi connectivity index (χ0v) is 20.4. The first-order chi connectivity index (χ1) is 17.9. The van der Waals surface area contributed by atoms with Gasteiger partial charge in [0.15, 0.2) is 0 Å². The highest BCUT2D eigenvalue weighted by Crippen LogP contribution is 2.23. The summed E-state index contributed by atoms with van der Waals surface area (Å²) in [6, 6.07) is 15.6. The molecule has 10 heteroatoms.